The van der Waals surface area contributed by atoms with Gasteiger partial charge >= 0.3 is 10.4 Å². The van der Waals surface area contributed by atoms with Crippen LogP contribution in [0.4, 0.5) is 0 Å². The molecule has 0 atom stereocenters. The molecule has 0 saturated heterocycles. The molecule has 0 saturated carbocycles. The van der Waals surface area contributed by atoms with Gasteiger partial charge in [0.05, 0.1) is 0 Å². The van der Waals surface area contributed by atoms with Crippen LogP contribution in [0.1, 0.15) is 0 Å². The maximum atomic E-state index is 8.74. The van der Waals surface area contributed by atoms with Crippen LogP contribution in [0.2, 0.25) is 0 Å². The molecule has 0 aliphatic rings. The first-order chi connectivity index (χ1) is 2.00. The fourth-order valence-corrected chi connectivity index (χ4v) is 0. The van der Waals surface area contributed by atoms with Gasteiger partial charge in [0.15, 0.2) is 0 Å². The predicted octanol–water partition coefficient (Wildman–Crippen LogP) is -0.655. The zero-order valence-electron chi connectivity index (χ0n) is 2.92. The van der Waals surface area contributed by atoms with Crippen LogP contribution in [0, 0.1) is 40.8 Å². The van der Waals surface area contributed by atoms with Gasteiger partial charge in [0.25, 0.3) is 0 Å². The Kier molecular flexibility index (Phi) is 13.3. The standard InChI is InChI=1S/Cu.Nd.H2O4S/c;;1-5(2,3)4/h;;(H2,1,2,3,4). The molecule has 0 aromatic carbocycles. The van der Waals surface area contributed by atoms with Crippen molar-refractivity contribution in [3.63, 3.8) is 0 Å². The van der Waals surface area contributed by atoms with E-state index >= 15 is 0 Å². The molecule has 0 aliphatic carbocycles. The minimum Gasteiger partial charge on any atom is -0.264 e. The van der Waals surface area contributed by atoms with Crippen molar-refractivity contribution >= 4 is 10.4 Å². The van der Waals surface area contributed by atoms with E-state index in [9.17, 15) is 0 Å². The summed E-state index contributed by atoms with van der Waals surface area (Å²) in [5, 5.41) is 0. The Morgan fingerprint density at radius 1 is 1.14 bits per heavy atom. The largest absolute Gasteiger partial charge is 0.394 e. The Bertz CT molecular complexity index is 94.9. The fourth-order valence-electron chi connectivity index (χ4n) is 0. The van der Waals surface area contributed by atoms with Gasteiger partial charge < -0.3 is 0 Å². The van der Waals surface area contributed by atoms with Crippen molar-refractivity contribution in [2.75, 3.05) is 0 Å². The summed E-state index contributed by atoms with van der Waals surface area (Å²) in [7, 11) is -4.67. The topological polar surface area (TPSA) is 74.6 Å². The third kappa shape index (κ3) is 84.2. The van der Waals surface area contributed by atoms with E-state index in [0.29, 0.717) is 0 Å². The molecular weight excluding hydrogens is 304 g/mol. The maximum absolute atomic E-state index is 8.74. The van der Waals surface area contributed by atoms with Gasteiger partial charge in [-0.2, -0.15) is 8.42 Å². The van der Waals surface area contributed by atoms with Crippen LogP contribution in [0.25, 0.3) is 0 Å². The zero-order valence-corrected chi connectivity index (χ0v) is 7.89. The SMILES string of the molecule is O=S(=O)(O)O.[Cu].[Nd]. The monoisotopic (exact) mass is 303 g/mol. The molecule has 7 heavy (non-hydrogen) atoms. The summed E-state index contributed by atoms with van der Waals surface area (Å²) in [6.07, 6.45) is 0. The third-order valence-corrected chi connectivity index (χ3v) is 0. The summed E-state index contributed by atoms with van der Waals surface area (Å²) >= 11 is 0. The second kappa shape index (κ2) is 5.87. The second-order valence-electron chi connectivity index (χ2n) is 0.448. The van der Waals surface area contributed by atoms with Crippen molar-refractivity contribution in [3.05, 3.63) is 0 Å². The molecule has 0 amide bonds. The van der Waals surface area contributed by atoms with Crippen molar-refractivity contribution in [2.24, 2.45) is 0 Å². The van der Waals surface area contributed by atoms with E-state index < -0.39 is 10.4 Å². The summed E-state index contributed by atoms with van der Waals surface area (Å²) < 4.78 is 31.6. The van der Waals surface area contributed by atoms with Gasteiger partial charge in [0.1, 0.15) is 0 Å². The van der Waals surface area contributed by atoms with E-state index in [0.717, 1.165) is 0 Å². The van der Waals surface area contributed by atoms with Crippen LogP contribution in [0.15, 0.2) is 0 Å². The van der Waals surface area contributed by atoms with Crippen LogP contribution < -0.4 is 0 Å². The van der Waals surface area contributed by atoms with Gasteiger partial charge in [-0.15, -0.1) is 0 Å². The average Bonchev–Trinajstić information content (AvgIpc) is 0.722. The van der Waals surface area contributed by atoms with Crippen molar-refractivity contribution in [1.29, 1.82) is 0 Å². The number of hydrogen-bond donors (Lipinski definition) is 2. The van der Waals surface area contributed by atoms with Gasteiger partial charge in [-0.3, -0.25) is 9.11 Å². The van der Waals surface area contributed by atoms with E-state index in [2.05, 4.69) is 0 Å². The number of hydrogen-bond acceptors (Lipinski definition) is 2. The minimum absolute atomic E-state index is 0. The molecule has 4 nitrogen and oxygen atoms in total. The van der Waals surface area contributed by atoms with E-state index in [4.69, 9.17) is 17.5 Å². The molecule has 2 N–H and O–H groups in total. The Balaban J connectivity index is -0.0000000800. The van der Waals surface area contributed by atoms with Crippen LogP contribution in [-0.2, 0) is 27.5 Å². The van der Waals surface area contributed by atoms with E-state index in [1.807, 2.05) is 0 Å². The second-order valence-corrected chi connectivity index (χ2v) is 1.34. The quantitative estimate of drug-likeness (QED) is 0.460. The van der Waals surface area contributed by atoms with Crippen molar-refractivity contribution in [2.45, 2.75) is 0 Å². The molecule has 0 spiro atoms. The Morgan fingerprint density at radius 2 is 1.14 bits per heavy atom. The van der Waals surface area contributed by atoms with Crippen molar-refractivity contribution in [1.82, 2.24) is 0 Å². The van der Waals surface area contributed by atoms with Gasteiger partial charge in [0, 0.05) is 57.9 Å². The van der Waals surface area contributed by atoms with Crippen molar-refractivity contribution in [3.8, 4) is 0 Å². The fraction of sp³-hybridized carbons (Fsp3) is 0. The molecule has 0 aromatic rings. The molecule has 47 valence electrons. The van der Waals surface area contributed by atoms with Gasteiger partial charge in [0.2, 0.25) is 0 Å². The van der Waals surface area contributed by atoms with Crippen LogP contribution in [-0.4, -0.2) is 17.5 Å². The average molecular weight is 306 g/mol. The Morgan fingerprint density at radius 3 is 1.14 bits per heavy atom. The Labute approximate surface area is 84.6 Å². The molecule has 0 aromatic heterocycles. The molecule has 0 rings (SSSR count). The third-order valence-electron chi connectivity index (χ3n) is 0. The first-order valence-corrected chi connectivity index (χ1v) is 2.10. The first kappa shape index (κ1) is 15.9. The minimum atomic E-state index is -4.67. The molecule has 1 radical (unpaired) electrons. The summed E-state index contributed by atoms with van der Waals surface area (Å²) in [5.41, 5.74) is 0. The van der Waals surface area contributed by atoms with E-state index in [1.165, 1.54) is 0 Å². The van der Waals surface area contributed by atoms with Crippen molar-refractivity contribution < 1.29 is 75.4 Å². The van der Waals surface area contributed by atoms with Crippen LogP contribution in [0.5, 0.6) is 0 Å². The molecular formula is H2CuNdO4S. The molecule has 0 heterocycles. The zero-order chi connectivity index (χ0) is 4.50. The molecule has 0 bridgehead atoms. The smallest absolute Gasteiger partial charge is 0.264 e. The van der Waals surface area contributed by atoms with Gasteiger partial charge in [-0.1, -0.05) is 0 Å². The molecule has 0 unspecified atom stereocenters. The van der Waals surface area contributed by atoms with E-state index in [-0.39, 0.29) is 57.9 Å². The normalized spacial score (nSPS) is 8.29. The predicted molar refractivity (Wildman–Crippen MR) is 14.2 cm³/mol. The Hall–Kier alpha value is 1.74. The first-order valence-electron chi connectivity index (χ1n) is 0.698. The van der Waals surface area contributed by atoms with Gasteiger partial charge in [-0.05, 0) is 0 Å². The molecule has 0 aliphatic heterocycles. The van der Waals surface area contributed by atoms with Gasteiger partial charge in [-0.25, -0.2) is 0 Å². The summed E-state index contributed by atoms with van der Waals surface area (Å²) in [6, 6.07) is 0. The summed E-state index contributed by atoms with van der Waals surface area (Å²) in [4.78, 5) is 0. The number of rotatable bonds is 0. The summed E-state index contributed by atoms with van der Waals surface area (Å²) in [6.45, 7) is 0. The van der Waals surface area contributed by atoms with E-state index in [1.54, 1.807) is 0 Å². The maximum Gasteiger partial charge on any atom is 0.394 e. The van der Waals surface area contributed by atoms with Crippen LogP contribution in [0.3, 0.4) is 0 Å². The molecule has 0 fully saturated rings. The van der Waals surface area contributed by atoms with Crippen LogP contribution >= 0.6 is 0 Å². The summed E-state index contributed by atoms with van der Waals surface area (Å²) in [5.74, 6) is 0. The molecule has 7 heteroatoms.